The van der Waals surface area contributed by atoms with Gasteiger partial charge in [-0.15, -0.1) is 0 Å². The Morgan fingerprint density at radius 3 is 2.95 bits per heavy atom. The van der Waals surface area contributed by atoms with Gasteiger partial charge in [0.25, 0.3) is 0 Å². The van der Waals surface area contributed by atoms with E-state index in [0.29, 0.717) is 17.5 Å². The molecule has 0 aliphatic heterocycles. The molecule has 0 spiro atoms. The van der Waals surface area contributed by atoms with E-state index in [9.17, 15) is 0 Å². The van der Waals surface area contributed by atoms with E-state index in [-0.39, 0.29) is 0 Å². The van der Waals surface area contributed by atoms with Crippen molar-refractivity contribution < 1.29 is 0 Å². The van der Waals surface area contributed by atoms with E-state index in [2.05, 4.69) is 30.9 Å². The predicted octanol–water partition coefficient (Wildman–Crippen LogP) is 0.688. The van der Waals surface area contributed by atoms with Crippen LogP contribution in [0.4, 0.5) is 5.82 Å². The largest absolute Gasteiger partial charge is 0.363 e. The Hall–Kier alpha value is -2.06. The van der Waals surface area contributed by atoms with E-state index in [4.69, 9.17) is 12.2 Å². The molecular weight excluding hydrogens is 274 g/mol. The summed E-state index contributed by atoms with van der Waals surface area (Å²) in [4.78, 5) is 12.6. The van der Waals surface area contributed by atoms with Gasteiger partial charge in [-0.1, -0.05) is 0 Å². The second-order valence-electron chi connectivity index (χ2n) is 4.05. The maximum Gasteiger partial charge on any atom is 0.171 e. The van der Waals surface area contributed by atoms with Gasteiger partial charge >= 0.3 is 0 Å². The third-order valence-electron chi connectivity index (χ3n) is 2.49. The first-order chi connectivity index (χ1) is 9.72. The van der Waals surface area contributed by atoms with Crippen molar-refractivity contribution in [1.29, 1.82) is 0 Å². The minimum atomic E-state index is 0.540. The van der Waals surface area contributed by atoms with Crippen LogP contribution >= 0.6 is 12.2 Å². The lowest BCUT2D eigenvalue weighted by atomic mass is 10.4. The first kappa shape index (κ1) is 14.4. The van der Waals surface area contributed by atoms with Crippen LogP contribution in [0.2, 0.25) is 0 Å². The van der Waals surface area contributed by atoms with Crippen molar-refractivity contribution in [3.63, 3.8) is 0 Å². The van der Waals surface area contributed by atoms with Crippen LogP contribution in [-0.2, 0) is 6.54 Å². The molecule has 0 unspecified atom stereocenters. The molecule has 0 bridgehead atoms. The molecule has 106 valence electrons. The van der Waals surface area contributed by atoms with Crippen LogP contribution in [0.25, 0.3) is 5.82 Å². The number of nitrogens with zero attached hydrogens (tertiary/aromatic N) is 4. The Morgan fingerprint density at radius 1 is 1.35 bits per heavy atom. The smallest absolute Gasteiger partial charge is 0.171 e. The van der Waals surface area contributed by atoms with E-state index in [1.165, 1.54) is 6.33 Å². The third kappa shape index (κ3) is 3.72. The highest BCUT2D eigenvalue weighted by Crippen LogP contribution is 2.09. The summed E-state index contributed by atoms with van der Waals surface area (Å²) in [6.07, 6.45) is 5.14. The third-order valence-corrected chi connectivity index (χ3v) is 2.74. The van der Waals surface area contributed by atoms with Crippen LogP contribution in [0.5, 0.6) is 0 Å². The van der Waals surface area contributed by atoms with E-state index in [0.717, 1.165) is 18.1 Å². The molecule has 0 saturated heterocycles. The lowest BCUT2D eigenvalue weighted by Gasteiger charge is -2.08. The Kier molecular flexibility index (Phi) is 4.97. The number of rotatable bonds is 5. The number of anilines is 1. The standard InChI is InChI=1S/C12H17N7S/c1-3-14-12(20)18-10-4-11(16-7-15-10)19-6-9(5-13-2)17-8-19/h4,6-8,13H,3,5H2,1-2H3,(H2,14,15,16,18,20). The number of nitrogens with one attached hydrogen (secondary N) is 3. The molecule has 0 fully saturated rings. The number of hydrogen-bond acceptors (Lipinski definition) is 5. The normalized spacial score (nSPS) is 10.3. The number of aromatic nitrogens is 4. The molecule has 7 nitrogen and oxygen atoms in total. The highest BCUT2D eigenvalue weighted by Gasteiger charge is 2.04. The minimum Gasteiger partial charge on any atom is -0.363 e. The van der Waals surface area contributed by atoms with Crippen molar-refractivity contribution in [2.24, 2.45) is 0 Å². The lowest BCUT2D eigenvalue weighted by Crippen LogP contribution is -2.28. The maximum atomic E-state index is 5.12. The zero-order valence-corrected chi connectivity index (χ0v) is 12.2. The molecule has 3 N–H and O–H groups in total. The van der Waals surface area contributed by atoms with Crippen LogP contribution < -0.4 is 16.0 Å². The zero-order valence-electron chi connectivity index (χ0n) is 11.4. The highest BCUT2D eigenvalue weighted by molar-refractivity contribution is 7.80. The van der Waals surface area contributed by atoms with Crippen LogP contribution in [0.1, 0.15) is 12.6 Å². The molecular formula is C12H17N7S. The van der Waals surface area contributed by atoms with Gasteiger partial charge in [-0.2, -0.15) is 0 Å². The summed E-state index contributed by atoms with van der Waals surface area (Å²) in [7, 11) is 1.88. The van der Waals surface area contributed by atoms with Gasteiger partial charge in [-0.25, -0.2) is 15.0 Å². The van der Waals surface area contributed by atoms with Gasteiger partial charge in [-0.3, -0.25) is 4.57 Å². The van der Waals surface area contributed by atoms with Gasteiger partial charge in [0.2, 0.25) is 0 Å². The second-order valence-corrected chi connectivity index (χ2v) is 4.46. The highest BCUT2D eigenvalue weighted by atomic mass is 32.1. The van der Waals surface area contributed by atoms with E-state index < -0.39 is 0 Å². The van der Waals surface area contributed by atoms with Crippen molar-refractivity contribution in [3.8, 4) is 5.82 Å². The van der Waals surface area contributed by atoms with Gasteiger partial charge in [0.15, 0.2) is 5.11 Å². The fourth-order valence-corrected chi connectivity index (χ4v) is 1.89. The Balaban J connectivity index is 2.14. The van der Waals surface area contributed by atoms with Gasteiger partial charge in [-0.05, 0) is 26.2 Å². The molecule has 0 atom stereocenters. The number of hydrogen-bond donors (Lipinski definition) is 3. The average molecular weight is 291 g/mol. The second kappa shape index (κ2) is 6.92. The van der Waals surface area contributed by atoms with Gasteiger partial charge < -0.3 is 16.0 Å². The van der Waals surface area contributed by atoms with Crippen molar-refractivity contribution in [1.82, 2.24) is 30.2 Å². The van der Waals surface area contributed by atoms with E-state index in [1.54, 1.807) is 6.33 Å². The Labute approximate surface area is 122 Å². The summed E-state index contributed by atoms with van der Waals surface area (Å²) in [6, 6.07) is 1.81. The molecule has 0 aliphatic carbocycles. The number of thiocarbonyl (C=S) groups is 1. The van der Waals surface area contributed by atoms with E-state index >= 15 is 0 Å². The van der Waals surface area contributed by atoms with Crippen molar-refractivity contribution in [2.45, 2.75) is 13.5 Å². The Morgan fingerprint density at radius 2 is 2.20 bits per heavy atom. The summed E-state index contributed by atoms with van der Waals surface area (Å²) in [6.45, 7) is 3.46. The lowest BCUT2D eigenvalue weighted by molar-refractivity contribution is 0.796. The van der Waals surface area contributed by atoms with Crippen molar-refractivity contribution >= 4 is 23.1 Å². The summed E-state index contributed by atoms with van der Waals surface area (Å²) < 4.78 is 1.84. The average Bonchev–Trinajstić information content (AvgIpc) is 2.88. The first-order valence-electron chi connectivity index (χ1n) is 6.27. The van der Waals surface area contributed by atoms with Crippen molar-refractivity contribution in [2.75, 3.05) is 18.9 Å². The molecule has 0 amide bonds. The monoisotopic (exact) mass is 291 g/mol. The topological polar surface area (TPSA) is 79.7 Å². The number of imidazole rings is 1. The molecule has 20 heavy (non-hydrogen) atoms. The maximum absolute atomic E-state index is 5.12. The van der Waals surface area contributed by atoms with Crippen LogP contribution in [-0.4, -0.2) is 38.2 Å². The molecule has 2 aromatic rings. The molecule has 0 aromatic carbocycles. The fraction of sp³-hybridized carbons (Fsp3) is 0.333. The molecule has 0 aliphatic rings. The molecule has 0 saturated carbocycles. The molecule has 2 aromatic heterocycles. The van der Waals surface area contributed by atoms with Gasteiger partial charge in [0, 0.05) is 25.4 Å². The summed E-state index contributed by atoms with van der Waals surface area (Å²) in [5.74, 6) is 1.38. The fourth-order valence-electron chi connectivity index (χ4n) is 1.64. The van der Waals surface area contributed by atoms with Gasteiger partial charge in [0.05, 0.1) is 5.69 Å². The molecule has 0 radical (unpaired) electrons. The molecule has 2 rings (SSSR count). The van der Waals surface area contributed by atoms with Gasteiger partial charge in [0.1, 0.15) is 24.3 Å². The zero-order chi connectivity index (χ0) is 14.4. The van der Waals surface area contributed by atoms with Crippen LogP contribution in [0.3, 0.4) is 0 Å². The molecule has 8 heteroatoms. The summed E-state index contributed by atoms with van der Waals surface area (Å²) in [5.41, 5.74) is 0.948. The SMILES string of the molecule is CCNC(=S)Nc1cc(-n2cnc(CNC)c2)ncn1. The minimum absolute atomic E-state index is 0.540. The van der Waals surface area contributed by atoms with E-state index in [1.807, 2.05) is 30.8 Å². The predicted molar refractivity (Wildman–Crippen MR) is 81.8 cm³/mol. The quantitative estimate of drug-likeness (QED) is 0.699. The Bertz CT molecular complexity index is 581. The molecule has 2 heterocycles. The first-order valence-corrected chi connectivity index (χ1v) is 6.68. The van der Waals surface area contributed by atoms with Crippen molar-refractivity contribution in [3.05, 3.63) is 30.6 Å². The summed E-state index contributed by atoms with van der Waals surface area (Å²) in [5, 5.41) is 9.61. The summed E-state index contributed by atoms with van der Waals surface area (Å²) >= 11 is 5.12. The van der Waals surface area contributed by atoms with Crippen LogP contribution in [0, 0.1) is 0 Å². The van der Waals surface area contributed by atoms with Crippen LogP contribution in [0.15, 0.2) is 24.9 Å².